The maximum Gasteiger partial charge on any atom is 0.408 e. The van der Waals surface area contributed by atoms with Crippen molar-refractivity contribution in [1.29, 1.82) is 0 Å². The molecule has 3 rings (SSSR count). The average Bonchev–Trinajstić information content (AvgIpc) is 2.61. The Bertz CT molecular complexity index is 861. The van der Waals surface area contributed by atoms with Crippen LogP contribution in [0.2, 0.25) is 0 Å². The largest absolute Gasteiger partial charge is 0.436 e. The van der Waals surface area contributed by atoms with Gasteiger partial charge in [-0.25, -0.2) is 4.79 Å². The zero-order valence-electron chi connectivity index (χ0n) is 14.9. The third kappa shape index (κ3) is 4.95. The van der Waals surface area contributed by atoms with E-state index < -0.39 is 18.1 Å². The molecule has 2 heterocycles. The summed E-state index contributed by atoms with van der Waals surface area (Å²) in [5.41, 5.74) is 1.04. The molecule has 0 saturated carbocycles. The fourth-order valence-corrected chi connectivity index (χ4v) is 2.52. The molecule has 27 heavy (non-hydrogen) atoms. The molecule has 1 aromatic heterocycles. The molecule has 8 nitrogen and oxygen atoms in total. The molecule has 0 bridgehead atoms. The van der Waals surface area contributed by atoms with E-state index in [1.165, 1.54) is 13.0 Å². The molecule has 1 aliphatic rings. The Hall–Kier alpha value is -3.13. The molecule has 8 heteroatoms. The summed E-state index contributed by atoms with van der Waals surface area (Å²) in [5, 5.41) is 5.16. The third-order valence-electron chi connectivity index (χ3n) is 4.16. The first-order valence-corrected chi connectivity index (χ1v) is 8.62. The maximum atomic E-state index is 12.2. The molecule has 0 aliphatic carbocycles. The van der Waals surface area contributed by atoms with Crippen molar-refractivity contribution in [2.75, 3.05) is 18.5 Å². The van der Waals surface area contributed by atoms with E-state index >= 15 is 0 Å². The number of benzene rings is 1. The van der Waals surface area contributed by atoms with E-state index in [4.69, 9.17) is 9.47 Å². The molecule has 1 atom stereocenters. The summed E-state index contributed by atoms with van der Waals surface area (Å²) in [6.07, 6.45) is -0.0893. The lowest BCUT2D eigenvalue weighted by molar-refractivity contribution is -0.123. The topological polar surface area (TPSA) is 98.7 Å². The van der Waals surface area contributed by atoms with Gasteiger partial charge in [0, 0.05) is 24.5 Å². The highest BCUT2D eigenvalue weighted by atomic mass is 16.6. The summed E-state index contributed by atoms with van der Waals surface area (Å²) >= 11 is 0. The first-order chi connectivity index (χ1) is 13.0. The number of pyridine rings is 1. The number of nitrogens with one attached hydrogen (secondary N) is 2. The Morgan fingerprint density at radius 2 is 2.00 bits per heavy atom. The number of hydrogen-bond donors (Lipinski definition) is 2. The molecule has 2 amide bonds. The summed E-state index contributed by atoms with van der Waals surface area (Å²) in [6, 6.07) is 12.3. The van der Waals surface area contributed by atoms with Gasteiger partial charge in [-0.3, -0.25) is 9.59 Å². The lowest BCUT2D eigenvalue weighted by atomic mass is 10.2. The molecule has 1 fully saturated rings. The van der Waals surface area contributed by atoms with E-state index in [1.54, 1.807) is 16.8 Å². The number of rotatable bonds is 6. The fraction of sp³-hybridized carbons (Fsp3) is 0.316. The van der Waals surface area contributed by atoms with E-state index in [-0.39, 0.29) is 11.6 Å². The van der Waals surface area contributed by atoms with Crippen LogP contribution in [0, 0.1) is 0 Å². The number of aromatic nitrogens is 1. The van der Waals surface area contributed by atoms with Gasteiger partial charge in [-0.05, 0) is 18.6 Å². The standard InChI is InChI=1S/C19H21N3O5/c1-13(27-19(25)20-10-14-5-3-2-4-6-14)18(24)21-15-7-8-22(17(23)9-15)16-11-26-12-16/h2-9,13,16H,10-12H2,1H3,(H,20,25)(H,21,24). The van der Waals surface area contributed by atoms with Crippen LogP contribution in [0.3, 0.4) is 0 Å². The second kappa shape index (κ2) is 8.50. The van der Waals surface area contributed by atoms with Crippen LogP contribution in [0.5, 0.6) is 0 Å². The lowest BCUT2D eigenvalue weighted by Gasteiger charge is -2.27. The van der Waals surface area contributed by atoms with Crippen LogP contribution in [-0.4, -0.2) is 35.9 Å². The maximum absolute atomic E-state index is 12.2. The Labute approximate surface area is 156 Å². The van der Waals surface area contributed by atoms with Crippen LogP contribution in [0.4, 0.5) is 10.5 Å². The van der Waals surface area contributed by atoms with Gasteiger partial charge in [0.15, 0.2) is 6.10 Å². The minimum absolute atomic E-state index is 0.0396. The molecule has 2 aromatic rings. The summed E-state index contributed by atoms with van der Waals surface area (Å²) in [4.78, 5) is 36.1. The predicted octanol–water partition coefficient (Wildman–Crippen LogP) is 1.67. The van der Waals surface area contributed by atoms with Crippen molar-refractivity contribution in [1.82, 2.24) is 9.88 Å². The molecular weight excluding hydrogens is 350 g/mol. The minimum atomic E-state index is -1.01. The van der Waals surface area contributed by atoms with Crippen molar-refractivity contribution >= 4 is 17.7 Å². The van der Waals surface area contributed by atoms with Gasteiger partial charge in [0.25, 0.3) is 11.5 Å². The second-order valence-electron chi connectivity index (χ2n) is 6.23. The highest BCUT2D eigenvalue weighted by Gasteiger charge is 2.22. The normalized spacial score (nSPS) is 14.7. The second-order valence-corrected chi connectivity index (χ2v) is 6.23. The minimum Gasteiger partial charge on any atom is -0.436 e. The van der Waals surface area contributed by atoms with Gasteiger partial charge in [-0.2, -0.15) is 0 Å². The molecule has 142 valence electrons. The molecular formula is C19H21N3O5. The number of carbonyl (C=O) groups is 2. The van der Waals surface area contributed by atoms with Gasteiger partial charge in [-0.15, -0.1) is 0 Å². The van der Waals surface area contributed by atoms with Crippen molar-refractivity contribution < 1.29 is 19.1 Å². The van der Waals surface area contributed by atoms with Gasteiger partial charge in [0.1, 0.15) is 0 Å². The van der Waals surface area contributed by atoms with E-state index in [0.717, 1.165) is 5.56 Å². The predicted molar refractivity (Wildman–Crippen MR) is 98.4 cm³/mol. The van der Waals surface area contributed by atoms with Crippen LogP contribution >= 0.6 is 0 Å². The van der Waals surface area contributed by atoms with Gasteiger partial charge in [0.2, 0.25) is 0 Å². The highest BCUT2D eigenvalue weighted by molar-refractivity contribution is 5.94. The van der Waals surface area contributed by atoms with Crippen molar-refractivity contribution in [3.05, 3.63) is 64.6 Å². The van der Waals surface area contributed by atoms with Gasteiger partial charge < -0.3 is 24.7 Å². The number of alkyl carbamates (subject to hydrolysis) is 1. The molecule has 1 saturated heterocycles. The number of amides is 2. The number of ether oxygens (including phenoxy) is 2. The van der Waals surface area contributed by atoms with Crippen LogP contribution < -0.4 is 16.2 Å². The van der Waals surface area contributed by atoms with Gasteiger partial charge in [0.05, 0.1) is 19.3 Å². The number of hydrogen-bond acceptors (Lipinski definition) is 5. The van der Waals surface area contributed by atoms with Crippen molar-refractivity contribution in [3.63, 3.8) is 0 Å². The summed E-state index contributed by atoms with van der Waals surface area (Å²) < 4.78 is 11.7. The fourth-order valence-electron chi connectivity index (χ4n) is 2.52. The first kappa shape index (κ1) is 18.7. The molecule has 1 aromatic carbocycles. The number of nitrogens with zero attached hydrogens (tertiary/aromatic N) is 1. The highest BCUT2D eigenvalue weighted by Crippen LogP contribution is 2.15. The lowest BCUT2D eigenvalue weighted by Crippen LogP contribution is -2.37. The smallest absolute Gasteiger partial charge is 0.408 e. The molecule has 0 spiro atoms. The van der Waals surface area contributed by atoms with Crippen LogP contribution in [0.25, 0.3) is 0 Å². The molecule has 1 unspecified atom stereocenters. The van der Waals surface area contributed by atoms with Crippen molar-refractivity contribution in [2.24, 2.45) is 0 Å². The van der Waals surface area contributed by atoms with E-state index in [2.05, 4.69) is 10.6 Å². The van der Waals surface area contributed by atoms with Crippen LogP contribution in [-0.2, 0) is 20.8 Å². The van der Waals surface area contributed by atoms with Gasteiger partial charge in [-0.1, -0.05) is 30.3 Å². The van der Waals surface area contributed by atoms with E-state index in [1.807, 2.05) is 30.3 Å². The molecule has 2 N–H and O–H groups in total. The SMILES string of the molecule is CC(OC(=O)NCc1ccccc1)C(=O)Nc1ccn(C2COC2)c(=O)c1. The van der Waals surface area contributed by atoms with E-state index in [9.17, 15) is 14.4 Å². The monoisotopic (exact) mass is 371 g/mol. The Kier molecular flexibility index (Phi) is 5.87. The Morgan fingerprint density at radius 3 is 2.63 bits per heavy atom. The van der Waals surface area contributed by atoms with E-state index in [0.29, 0.717) is 25.4 Å². The quantitative estimate of drug-likeness (QED) is 0.805. The molecule has 1 aliphatic heterocycles. The van der Waals surface area contributed by atoms with Gasteiger partial charge >= 0.3 is 6.09 Å². The van der Waals surface area contributed by atoms with Crippen LogP contribution in [0.1, 0.15) is 18.5 Å². The third-order valence-corrected chi connectivity index (χ3v) is 4.16. The number of anilines is 1. The summed E-state index contributed by atoms with van der Waals surface area (Å²) in [7, 11) is 0. The van der Waals surface area contributed by atoms with Crippen LogP contribution in [0.15, 0.2) is 53.5 Å². The zero-order valence-corrected chi connectivity index (χ0v) is 14.9. The zero-order chi connectivity index (χ0) is 19.2. The number of carbonyl (C=O) groups excluding carboxylic acids is 2. The molecule has 0 radical (unpaired) electrons. The summed E-state index contributed by atoms with van der Waals surface area (Å²) in [6.45, 7) is 2.78. The average molecular weight is 371 g/mol. The van der Waals surface area contributed by atoms with Crippen molar-refractivity contribution in [3.8, 4) is 0 Å². The first-order valence-electron chi connectivity index (χ1n) is 8.62. The Balaban J connectivity index is 1.49. The van der Waals surface area contributed by atoms with Crippen molar-refractivity contribution in [2.45, 2.75) is 25.6 Å². The summed E-state index contributed by atoms with van der Waals surface area (Å²) in [5.74, 6) is -0.519. The Morgan fingerprint density at radius 1 is 1.26 bits per heavy atom.